The molecule has 0 bridgehead atoms. The number of nitrogens with one attached hydrogen (secondary N) is 1. The van der Waals surface area contributed by atoms with E-state index in [-0.39, 0.29) is 0 Å². The summed E-state index contributed by atoms with van der Waals surface area (Å²) >= 11 is 0. The summed E-state index contributed by atoms with van der Waals surface area (Å²) in [7, 11) is 1.92. The van der Waals surface area contributed by atoms with Gasteiger partial charge in [-0.3, -0.25) is 0 Å². The quantitative estimate of drug-likeness (QED) is 0.821. The zero-order valence-corrected chi connectivity index (χ0v) is 12.7. The first-order valence-electron chi connectivity index (χ1n) is 7.09. The lowest BCUT2D eigenvalue weighted by Crippen LogP contribution is -2.14. The number of rotatable bonds is 6. The Balaban J connectivity index is 2.21. The zero-order valence-electron chi connectivity index (χ0n) is 12.7. The van der Waals surface area contributed by atoms with Gasteiger partial charge in [-0.1, -0.05) is 19.1 Å². The topological polar surface area (TPSA) is 39.1 Å². The molecule has 0 spiro atoms. The molecule has 4 nitrogen and oxygen atoms in total. The lowest BCUT2D eigenvalue weighted by Gasteiger charge is -2.10. The molecule has 1 aromatic heterocycles. The fourth-order valence-electron chi connectivity index (χ4n) is 2.19. The second-order valence-electron chi connectivity index (χ2n) is 5.09. The molecule has 0 unspecified atom stereocenters. The van der Waals surface area contributed by atoms with Crippen molar-refractivity contribution in [1.82, 2.24) is 15.1 Å². The lowest BCUT2D eigenvalue weighted by molar-refractivity contribution is 0.423. The Morgan fingerprint density at radius 3 is 2.80 bits per heavy atom. The summed E-state index contributed by atoms with van der Waals surface area (Å²) in [5.41, 5.74) is 3.33. The van der Waals surface area contributed by atoms with Crippen LogP contribution in [0.1, 0.15) is 30.2 Å². The molecule has 2 aromatic rings. The maximum atomic E-state index is 6.03. The number of nitrogens with zero attached hydrogens (tertiary/aromatic N) is 2. The molecule has 1 N–H and O–H groups in total. The van der Waals surface area contributed by atoms with E-state index >= 15 is 0 Å². The second kappa shape index (κ2) is 6.57. The van der Waals surface area contributed by atoms with Crippen LogP contribution in [0.3, 0.4) is 0 Å². The fourth-order valence-corrected chi connectivity index (χ4v) is 2.19. The van der Waals surface area contributed by atoms with Gasteiger partial charge in [0.05, 0.1) is 11.3 Å². The highest BCUT2D eigenvalue weighted by molar-refractivity contribution is 5.36. The number of aromatic nitrogens is 2. The van der Waals surface area contributed by atoms with E-state index in [2.05, 4.69) is 30.3 Å². The van der Waals surface area contributed by atoms with E-state index in [1.165, 1.54) is 5.56 Å². The summed E-state index contributed by atoms with van der Waals surface area (Å²) in [6.45, 7) is 8.03. The summed E-state index contributed by atoms with van der Waals surface area (Å²) in [6, 6.07) is 8.07. The maximum Gasteiger partial charge on any atom is 0.222 e. The Morgan fingerprint density at radius 2 is 2.10 bits per heavy atom. The molecule has 0 amide bonds. The standard InChI is InChI=1S/C16H23N3O/c1-5-9-17-11-15-13(3)18-19(4)16(15)20-14-8-6-7-12(2)10-14/h6-8,10,17H,5,9,11H2,1-4H3. The zero-order chi connectivity index (χ0) is 14.5. The van der Waals surface area contributed by atoms with E-state index in [9.17, 15) is 0 Å². The smallest absolute Gasteiger partial charge is 0.222 e. The summed E-state index contributed by atoms with van der Waals surface area (Å²) in [6.07, 6.45) is 1.12. The van der Waals surface area contributed by atoms with Gasteiger partial charge in [0.1, 0.15) is 5.75 Å². The van der Waals surface area contributed by atoms with Gasteiger partial charge >= 0.3 is 0 Å². The molecular formula is C16H23N3O. The maximum absolute atomic E-state index is 6.03. The van der Waals surface area contributed by atoms with Crippen LogP contribution in [0.25, 0.3) is 0 Å². The Morgan fingerprint density at radius 1 is 1.30 bits per heavy atom. The first-order valence-corrected chi connectivity index (χ1v) is 7.09. The minimum atomic E-state index is 0.786. The molecule has 20 heavy (non-hydrogen) atoms. The van der Waals surface area contributed by atoms with Crippen molar-refractivity contribution in [3.05, 3.63) is 41.1 Å². The predicted molar refractivity (Wildman–Crippen MR) is 81.2 cm³/mol. The average Bonchev–Trinajstić information content (AvgIpc) is 2.66. The summed E-state index contributed by atoms with van der Waals surface area (Å²) < 4.78 is 7.84. The number of ether oxygens (including phenoxy) is 1. The monoisotopic (exact) mass is 273 g/mol. The number of benzene rings is 1. The van der Waals surface area contributed by atoms with Crippen LogP contribution in [-0.2, 0) is 13.6 Å². The van der Waals surface area contributed by atoms with E-state index < -0.39 is 0 Å². The SMILES string of the molecule is CCCNCc1c(C)nn(C)c1Oc1cccc(C)c1. The Labute approximate surface area is 120 Å². The third-order valence-corrected chi connectivity index (χ3v) is 3.22. The summed E-state index contributed by atoms with van der Waals surface area (Å²) in [5.74, 6) is 1.67. The van der Waals surface area contributed by atoms with Gasteiger partial charge in [-0.2, -0.15) is 5.10 Å². The molecule has 2 rings (SSSR count). The van der Waals surface area contributed by atoms with Crippen LogP contribution in [-0.4, -0.2) is 16.3 Å². The number of aryl methyl sites for hydroxylation is 3. The molecular weight excluding hydrogens is 250 g/mol. The highest BCUT2D eigenvalue weighted by atomic mass is 16.5. The van der Waals surface area contributed by atoms with Crippen molar-refractivity contribution < 1.29 is 4.74 Å². The molecule has 0 saturated heterocycles. The van der Waals surface area contributed by atoms with Crippen molar-refractivity contribution in [2.24, 2.45) is 7.05 Å². The van der Waals surface area contributed by atoms with Crippen LogP contribution >= 0.6 is 0 Å². The van der Waals surface area contributed by atoms with E-state index in [1.807, 2.05) is 32.2 Å². The van der Waals surface area contributed by atoms with Gasteiger partial charge in [0.25, 0.3) is 0 Å². The van der Waals surface area contributed by atoms with Gasteiger partial charge in [0, 0.05) is 13.6 Å². The van der Waals surface area contributed by atoms with Crippen LogP contribution in [0.4, 0.5) is 0 Å². The van der Waals surface area contributed by atoms with Gasteiger partial charge in [-0.15, -0.1) is 0 Å². The van der Waals surface area contributed by atoms with Gasteiger partial charge < -0.3 is 10.1 Å². The van der Waals surface area contributed by atoms with Crippen molar-refractivity contribution in [2.75, 3.05) is 6.54 Å². The number of hydrogen-bond acceptors (Lipinski definition) is 3. The Bertz CT molecular complexity index is 575. The van der Waals surface area contributed by atoms with Crippen molar-refractivity contribution in [3.63, 3.8) is 0 Å². The third kappa shape index (κ3) is 3.39. The van der Waals surface area contributed by atoms with Crippen LogP contribution < -0.4 is 10.1 Å². The molecule has 1 aromatic carbocycles. The van der Waals surface area contributed by atoms with E-state index in [1.54, 1.807) is 4.68 Å². The highest BCUT2D eigenvalue weighted by Gasteiger charge is 2.15. The summed E-state index contributed by atoms with van der Waals surface area (Å²) in [5, 5.41) is 7.87. The molecule has 0 aliphatic rings. The minimum absolute atomic E-state index is 0.786. The molecule has 0 aliphatic carbocycles. The molecule has 0 saturated carbocycles. The van der Waals surface area contributed by atoms with E-state index in [0.29, 0.717) is 0 Å². The molecule has 0 fully saturated rings. The summed E-state index contributed by atoms with van der Waals surface area (Å²) in [4.78, 5) is 0. The minimum Gasteiger partial charge on any atom is -0.439 e. The van der Waals surface area contributed by atoms with Crippen LogP contribution in [0, 0.1) is 13.8 Å². The van der Waals surface area contributed by atoms with Gasteiger partial charge in [-0.25, -0.2) is 4.68 Å². The molecule has 1 heterocycles. The third-order valence-electron chi connectivity index (χ3n) is 3.22. The van der Waals surface area contributed by atoms with Gasteiger partial charge in [0.2, 0.25) is 5.88 Å². The average molecular weight is 273 g/mol. The first-order chi connectivity index (χ1) is 9.61. The van der Waals surface area contributed by atoms with Crippen molar-refractivity contribution in [2.45, 2.75) is 33.7 Å². The number of hydrogen-bond donors (Lipinski definition) is 1. The Hall–Kier alpha value is -1.81. The fraction of sp³-hybridized carbons (Fsp3) is 0.438. The normalized spacial score (nSPS) is 10.8. The van der Waals surface area contributed by atoms with Gasteiger partial charge in [0.15, 0.2) is 0 Å². The molecule has 108 valence electrons. The van der Waals surface area contributed by atoms with Crippen molar-refractivity contribution >= 4 is 0 Å². The molecule has 0 aliphatic heterocycles. The van der Waals surface area contributed by atoms with Crippen LogP contribution in [0.15, 0.2) is 24.3 Å². The van der Waals surface area contributed by atoms with Crippen LogP contribution in [0.5, 0.6) is 11.6 Å². The largest absolute Gasteiger partial charge is 0.439 e. The predicted octanol–water partition coefficient (Wildman–Crippen LogP) is 3.33. The Kier molecular flexibility index (Phi) is 4.79. The van der Waals surface area contributed by atoms with Crippen LogP contribution in [0.2, 0.25) is 0 Å². The molecule has 4 heteroatoms. The second-order valence-corrected chi connectivity index (χ2v) is 5.09. The molecule has 0 atom stereocenters. The highest BCUT2D eigenvalue weighted by Crippen LogP contribution is 2.27. The van der Waals surface area contributed by atoms with Gasteiger partial charge in [-0.05, 0) is 44.5 Å². The lowest BCUT2D eigenvalue weighted by atomic mass is 10.2. The van der Waals surface area contributed by atoms with E-state index in [4.69, 9.17) is 4.74 Å². The van der Waals surface area contributed by atoms with Crippen molar-refractivity contribution in [1.29, 1.82) is 0 Å². The van der Waals surface area contributed by atoms with Crippen molar-refractivity contribution in [3.8, 4) is 11.6 Å². The molecule has 0 radical (unpaired) electrons. The first kappa shape index (κ1) is 14.6. The van der Waals surface area contributed by atoms with E-state index in [0.717, 1.165) is 42.4 Å².